The minimum atomic E-state index is -0.197. The Bertz CT molecular complexity index is 473. The van der Waals surface area contributed by atoms with Gasteiger partial charge in [0, 0.05) is 11.7 Å². The minimum Gasteiger partial charge on any atom is -0.394 e. The van der Waals surface area contributed by atoms with Crippen LogP contribution < -0.4 is 5.32 Å². The number of hydrogen-bond donors (Lipinski definition) is 2. The summed E-state index contributed by atoms with van der Waals surface area (Å²) in [6, 6.07) is 0. The van der Waals surface area contributed by atoms with E-state index in [-0.39, 0.29) is 12.1 Å². The smallest absolute Gasteiger partial charge is 0.224 e. The molecule has 3 rings (SSSR count). The topological polar surface area (TPSA) is 58.0 Å². The number of aliphatic hydroxyl groups excluding tert-OH is 1. The molecular formula is C12H16ClN3OS. The maximum Gasteiger partial charge on any atom is 0.224 e. The van der Waals surface area contributed by atoms with E-state index in [0.29, 0.717) is 10.5 Å². The number of nitrogens with one attached hydrogen (secondary N) is 1. The van der Waals surface area contributed by atoms with Gasteiger partial charge in [0.05, 0.1) is 22.7 Å². The Morgan fingerprint density at radius 3 is 2.89 bits per heavy atom. The highest BCUT2D eigenvalue weighted by Gasteiger charge is 2.38. The zero-order chi connectivity index (χ0) is 12.8. The molecule has 0 bridgehead atoms. The van der Waals surface area contributed by atoms with Crippen LogP contribution in [0.15, 0.2) is 4.90 Å². The molecule has 1 aromatic heterocycles. The summed E-state index contributed by atoms with van der Waals surface area (Å²) in [6.45, 7) is 2.32. The van der Waals surface area contributed by atoms with Gasteiger partial charge < -0.3 is 10.4 Å². The fourth-order valence-electron chi connectivity index (χ4n) is 2.51. The summed E-state index contributed by atoms with van der Waals surface area (Å²) in [5.41, 5.74) is 0.833. The highest BCUT2D eigenvalue weighted by atomic mass is 35.5. The van der Waals surface area contributed by atoms with Gasteiger partial charge in [-0.15, -0.1) is 11.8 Å². The lowest BCUT2D eigenvalue weighted by Crippen LogP contribution is -2.48. The molecule has 0 aromatic carbocycles. The van der Waals surface area contributed by atoms with E-state index in [0.717, 1.165) is 42.1 Å². The standard InChI is InChI=1S/C12H16ClN3OS/c1-7-5-8-9(18-7)10(15-11(13)14-8)16-12(6-17)3-2-4-12/h7,17H,2-6H2,1H3,(H,14,15,16). The summed E-state index contributed by atoms with van der Waals surface area (Å²) < 4.78 is 0. The number of thioether (sulfide) groups is 1. The molecule has 1 atom stereocenters. The van der Waals surface area contributed by atoms with Crippen molar-refractivity contribution in [3.8, 4) is 0 Å². The lowest BCUT2D eigenvalue weighted by molar-refractivity contribution is 0.143. The number of anilines is 1. The molecule has 0 radical (unpaired) electrons. The summed E-state index contributed by atoms with van der Waals surface area (Å²) >= 11 is 7.76. The molecule has 1 fully saturated rings. The van der Waals surface area contributed by atoms with Crippen molar-refractivity contribution in [1.29, 1.82) is 0 Å². The molecule has 6 heteroatoms. The van der Waals surface area contributed by atoms with E-state index in [1.54, 1.807) is 11.8 Å². The molecule has 1 aliphatic heterocycles. The number of rotatable bonds is 3. The molecule has 98 valence electrons. The van der Waals surface area contributed by atoms with E-state index < -0.39 is 0 Å². The molecule has 1 saturated carbocycles. The van der Waals surface area contributed by atoms with Gasteiger partial charge in [0.1, 0.15) is 5.82 Å². The van der Waals surface area contributed by atoms with Crippen molar-refractivity contribution in [3.05, 3.63) is 11.0 Å². The molecule has 0 spiro atoms. The van der Waals surface area contributed by atoms with Crippen LogP contribution in [0.3, 0.4) is 0 Å². The second kappa shape index (κ2) is 4.54. The van der Waals surface area contributed by atoms with Crippen molar-refractivity contribution >= 4 is 29.2 Å². The first-order chi connectivity index (χ1) is 8.62. The van der Waals surface area contributed by atoms with Gasteiger partial charge >= 0.3 is 0 Å². The first-order valence-electron chi connectivity index (χ1n) is 6.24. The fraction of sp³-hybridized carbons (Fsp3) is 0.667. The Hall–Kier alpha value is -0.520. The van der Waals surface area contributed by atoms with E-state index in [4.69, 9.17) is 11.6 Å². The Morgan fingerprint density at radius 1 is 1.50 bits per heavy atom. The molecule has 1 aromatic rings. The van der Waals surface area contributed by atoms with E-state index in [1.807, 2.05) is 0 Å². The van der Waals surface area contributed by atoms with Crippen LogP contribution in [0.4, 0.5) is 5.82 Å². The van der Waals surface area contributed by atoms with E-state index in [1.165, 1.54) is 0 Å². The van der Waals surface area contributed by atoms with Crippen molar-refractivity contribution in [2.45, 2.75) is 48.3 Å². The molecule has 0 saturated heterocycles. The Labute approximate surface area is 116 Å². The Balaban J connectivity index is 1.92. The normalized spacial score (nSPS) is 24.5. The zero-order valence-electron chi connectivity index (χ0n) is 10.2. The largest absolute Gasteiger partial charge is 0.394 e. The van der Waals surface area contributed by atoms with Crippen LogP contribution in [0, 0.1) is 0 Å². The number of fused-ring (bicyclic) bond motifs is 1. The maximum absolute atomic E-state index is 9.52. The molecule has 4 nitrogen and oxygen atoms in total. The second-order valence-corrected chi connectivity index (χ2v) is 6.95. The number of nitrogens with zero attached hydrogens (tertiary/aromatic N) is 2. The monoisotopic (exact) mass is 285 g/mol. The lowest BCUT2D eigenvalue weighted by Gasteiger charge is -2.41. The molecule has 1 unspecified atom stereocenters. The van der Waals surface area contributed by atoms with Crippen LogP contribution in [-0.4, -0.2) is 32.5 Å². The first kappa shape index (κ1) is 12.5. The summed E-state index contributed by atoms with van der Waals surface area (Å²) in [7, 11) is 0. The zero-order valence-corrected chi connectivity index (χ0v) is 11.8. The average Bonchev–Trinajstić information content (AvgIpc) is 2.63. The molecule has 2 heterocycles. The van der Waals surface area contributed by atoms with Gasteiger partial charge in [-0.1, -0.05) is 6.92 Å². The lowest BCUT2D eigenvalue weighted by atomic mass is 9.77. The van der Waals surface area contributed by atoms with Crippen LogP contribution in [0.25, 0.3) is 0 Å². The molecule has 2 N–H and O–H groups in total. The molecular weight excluding hydrogens is 270 g/mol. The Morgan fingerprint density at radius 2 is 2.28 bits per heavy atom. The summed E-state index contributed by atoms with van der Waals surface area (Å²) in [5, 5.41) is 13.7. The third-order valence-electron chi connectivity index (χ3n) is 3.71. The predicted octanol–water partition coefficient (Wildman–Crippen LogP) is 2.49. The summed E-state index contributed by atoms with van der Waals surface area (Å²) in [6.07, 6.45) is 4.06. The summed E-state index contributed by atoms with van der Waals surface area (Å²) in [4.78, 5) is 9.70. The van der Waals surface area contributed by atoms with Gasteiger partial charge in [-0.3, -0.25) is 0 Å². The van der Waals surface area contributed by atoms with Gasteiger partial charge in [-0.2, -0.15) is 4.98 Å². The van der Waals surface area contributed by atoms with Gasteiger partial charge in [-0.25, -0.2) is 4.98 Å². The van der Waals surface area contributed by atoms with E-state index in [2.05, 4.69) is 22.2 Å². The average molecular weight is 286 g/mol. The number of aliphatic hydroxyl groups is 1. The van der Waals surface area contributed by atoms with E-state index >= 15 is 0 Å². The van der Waals surface area contributed by atoms with Crippen molar-refractivity contribution < 1.29 is 5.11 Å². The number of hydrogen-bond acceptors (Lipinski definition) is 5. The van der Waals surface area contributed by atoms with Crippen LogP contribution >= 0.6 is 23.4 Å². The quantitative estimate of drug-likeness (QED) is 0.836. The van der Waals surface area contributed by atoms with Crippen molar-refractivity contribution in [1.82, 2.24) is 9.97 Å². The van der Waals surface area contributed by atoms with Crippen LogP contribution in [0.1, 0.15) is 31.9 Å². The van der Waals surface area contributed by atoms with Crippen LogP contribution in [-0.2, 0) is 6.42 Å². The number of halogens is 1. The van der Waals surface area contributed by atoms with Crippen LogP contribution in [0.2, 0.25) is 5.28 Å². The minimum absolute atomic E-state index is 0.142. The molecule has 0 amide bonds. The highest BCUT2D eigenvalue weighted by Crippen LogP contribution is 2.43. The van der Waals surface area contributed by atoms with Crippen molar-refractivity contribution in [2.75, 3.05) is 11.9 Å². The number of aromatic nitrogens is 2. The van der Waals surface area contributed by atoms with Crippen molar-refractivity contribution in [3.63, 3.8) is 0 Å². The molecule has 18 heavy (non-hydrogen) atoms. The van der Waals surface area contributed by atoms with Gasteiger partial charge in [-0.05, 0) is 30.9 Å². The van der Waals surface area contributed by atoms with E-state index in [9.17, 15) is 5.11 Å². The SMILES string of the molecule is CC1Cc2nc(Cl)nc(NC3(CO)CCC3)c2S1. The third-order valence-corrected chi connectivity index (χ3v) is 5.11. The Kier molecular flexibility index (Phi) is 3.16. The van der Waals surface area contributed by atoms with Gasteiger partial charge in [0.2, 0.25) is 5.28 Å². The highest BCUT2D eigenvalue weighted by molar-refractivity contribution is 8.00. The second-order valence-electron chi connectivity index (χ2n) is 5.17. The van der Waals surface area contributed by atoms with Crippen LogP contribution in [0.5, 0.6) is 0 Å². The first-order valence-corrected chi connectivity index (χ1v) is 7.50. The summed E-state index contributed by atoms with van der Waals surface area (Å²) in [5.74, 6) is 0.799. The van der Waals surface area contributed by atoms with Crippen molar-refractivity contribution in [2.24, 2.45) is 0 Å². The molecule has 1 aliphatic carbocycles. The van der Waals surface area contributed by atoms with Gasteiger partial charge in [0.25, 0.3) is 0 Å². The third kappa shape index (κ3) is 2.08. The fourth-order valence-corrected chi connectivity index (χ4v) is 3.81. The van der Waals surface area contributed by atoms with Gasteiger partial charge in [0.15, 0.2) is 0 Å². The molecule has 2 aliphatic rings. The predicted molar refractivity (Wildman–Crippen MR) is 73.4 cm³/mol. The maximum atomic E-state index is 9.52.